The molecular weight excluding hydrogens is 1230 g/mol. The summed E-state index contributed by atoms with van der Waals surface area (Å²) in [5.41, 5.74) is 12.3. The normalized spacial score (nSPS) is 19.8. The van der Waals surface area contributed by atoms with Crippen LogP contribution in [0, 0.1) is 18.9 Å². The van der Waals surface area contributed by atoms with E-state index >= 15 is 0 Å². The Morgan fingerprint density at radius 2 is 0.864 bits per heavy atom. The summed E-state index contributed by atoms with van der Waals surface area (Å²) < 4.78 is 0. The van der Waals surface area contributed by atoms with Crippen molar-refractivity contribution in [3.63, 3.8) is 0 Å². The van der Waals surface area contributed by atoms with E-state index in [0.29, 0.717) is 0 Å². The number of fused-ring (bicyclic) bond motifs is 6. The van der Waals surface area contributed by atoms with E-state index < -0.39 is 16.1 Å². The van der Waals surface area contributed by atoms with Gasteiger partial charge >= 0.3 is 44.8 Å². The predicted octanol–water partition coefficient (Wildman–Crippen LogP) is 14.9. The Hall–Kier alpha value is -1.05. The molecule has 4 aliphatic carbocycles. The summed E-state index contributed by atoms with van der Waals surface area (Å²) in [6.45, 7) is 15.2. The summed E-state index contributed by atoms with van der Waals surface area (Å²) >= 11 is 0. The van der Waals surface area contributed by atoms with Gasteiger partial charge in [0, 0.05) is 15.8 Å². The van der Waals surface area contributed by atoms with Crippen molar-refractivity contribution < 1.29 is 44.8 Å². The molecule has 0 spiro atoms. The van der Waals surface area contributed by atoms with Gasteiger partial charge in [-0.2, -0.15) is 5.56 Å². The number of hydrogen-bond acceptors (Lipinski definition) is 0. The van der Waals surface area contributed by atoms with E-state index in [1.165, 1.54) is 60.4 Å². The maximum Gasteiger partial charge on any atom is 1.00 e. The van der Waals surface area contributed by atoms with Crippen molar-refractivity contribution in [1.82, 2.24) is 0 Å². The zero-order chi connectivity index (χ0) is 44.5. The Bertz CT molecular complexity index is 2120. The van der Waals surface area contributed by atoms with E-state index in [2.05, 4.69) is 111 Å². The first-order valence-corrected chi connectivity index (χ1v) is 36.1. The Labute approximate surface area is 439 Å². The molecule has 2 aliphatic heterocycles. The van der Waals surface area contributed by atoms with Gasteiger partial charge in [-0.3, -0.25) is 12.5 Å². The fraction of sp³-hybridized carbons (Fsp3) is 0.533. The molecule has 10 rings (SSSR count). The first kappa shape index (κ1) is 54.3. The third-order valence-corrected chi connectivity index (χ3v) is 32.7. The fourth-order valence-electron chi connectivity index (χ4n) is 13.7. The summed E-state index contributed by atoms with van der Waals surface area (Å²) in [6, 6.07) is 30.4. The van der Waals surface area contributed by atoms with Gasteiger partial charge in [0.05, 0.1) is 35.0 Å². The zero-order valence-corrected chi connectivity index (χ0v) is 49.5. The molecule has 0 atom stereocenters. The van der Waals surface area contributed by atoms with E-state index in [-0.39, 0.29) is 60.6 Å². The minimum absolute atomic E-state index is 0. The van der Waals surface area contributed by atoms with E-state index in [0.717, 1.165) is 11.1 Å². The van der Waals surface area contributed by atoms with Gasteiger partial charge in [-0.25, -0.2) is 6.08 Å². The molecule has 0 unspecified atom stereocenters. The predicted molar refractivity (Wildman–Crippen MR) is 295 cm³/mol. The Morgan fingerprint density at radius 3 is 1.29 bits per heavy atom. The molecular formula is C60H82Au2P2Si2+2. The molecule has 0 amide bonds. The van der Waals surface area contributed by atoms with Gasteiger partial charge in [-0.15, -0.1) is 29.8 Å². The quantitative estimate of drug-likeness (QED) is 0.0488. The topological polar surface area (TPSA) is 0 Å². The van der Waals surface area contributed by atoms with E-state index in [4.69, 9.17) is 13.0 Å². The minimum atomic E-state index is -1.51. The molecule has 2 heterocycles. The second-order valence-electron chi connectivity index (χ2n) is 21.9. The Balaban J connectivity index is 0.000000172. The third kappa shape index (κ3) is 12.7. The zero-order valence-electron chi connectivity index (χ0n) is 41.1. The molecule has 360 valence electrons. The van der Waals surface area contributed by atoms with Crippen LogP contribution in [0.25, 0.3) is 28.3 Å². The van der Waals surface area contributed by atoms with Crippen LogP contribution in [-0.4, -0.2) is 51.1 Å². The van der Waals surface area contributed by atoms with Crippen molar-refractivity contribution in [3.05, 3.63) is 109 Å². The van der Waals surface area contributed by atoms with Gasteiger partial charge in [0.2, 0.25) is 0 Å². The summed E-state index contributed by atoms with van der Waals surface area (Å²) in [5.74, 6) is 2.48. The molecule has 0 N–H and O–H groups in total. The smallest absolute Gasteiger partial charge is 0.366 e. The van der Waals surface area contributed by atoms with E-state index in [9.17, 15) is 0 Å². The standard InChI is InChI=1S/C28H52P2.C16H13Si.C16H15Si.2Au/c1-5-15-25(16-6-1)29(26-17-7-2-8-18-26)23-13-14-24-30(27-19-9-3-10-20-27)28-21-11-4-12-22-28;1-4-12-9-10-16-14(11-12)13-7-5-6-8-15(13)17(16,2)3;1-4-12-9-10-14-13-7-5-6-8-15(13)17(2,3)16(14)11-12;;/h25-28H,1-24H2;5-11H,2-3H3;1,4-11H,2-3H3;;/q;2*-1;2*+1/p+2. The number of hydrogen-bond donors (Lipinski definition) is 0. The molecule has 0 nitrogen and oxygen atoms in total. The molecule has 0 saturated heterocycles. The first-order chi connectivity index (χ1) is 31.2. The molecule has 0 radical (unpaired) electrons. The van der Waals surface area contributed by atoms with Gasteiger partial charge in [-0.1, -0.05) is 118 Å². The molecule has 4 saturated carbocycles. The summed E-state index contributed by atoms with van der Waals surface area (Å²) in [7, 11) is -3.17. The van der Waals surface area contributed by atoms with Gasteiger partial charge in [0.1, 0.15) is 16.1 Å². The molecule has 4 aromatic carbocycles. The van der Waals surface area contributed by atoms with Gasteiger partial charge in [-0.05, 0) is 153 Å². The van der Waals surface area contributed by atoms with Crippen LogP contribution in [0.15, 0.2) is 84.9 Å². The van der Waals surface area contributed by atoms with Gasteiger partial charge < -0.3 is 6.42 Å². The second-order valence-corrected chi connectivity index (χ2v) is 37.1. The number of rotatable bonds is 10. The minimum Gasteiger partial charge on any atom is -0.366 e. The van der Waals surface area contributed by atoms with Crippen LogP contribution in [0.5, 0.6) is 0 Å². The number of benzene rings is 4. The third-order valence-electron chi connectivity index (χ3n) is 17.2. The summed E-state index contributed by atoms with van der Waals surface area (Å²) in [5, 5.41) is 6.05. The van der Waals surface area contributed by atoms with Crippen molar-refractivity contribution in [3.8, 4) is 28.2 Å². The molecule has 4 fully saturated rings. The maximum atomic E-state index is 7.25. The molecule has 6 heteroatoms. The van der Waals surface area contributed by atoms with Crippen molar-refractivity contribution in [2.24, 2.45) is 0 Å². The van der Waals surface area contributed by atoms with Crippen molar-refractivity contribution in [2.75, 3.05) is 12.3 Å². The molecule has 6 aliphatic rings. The van der Waals surface area contributed by atoms with Crippen molar-refractivity contribution in [1.29, 1.82) is 0 Å². The summed E-state index contributed by atoms with van der Waals surface area (Å²) in [6.07, 6.45) is 47.4. The van der Waals surface area contributed by atoms with Crippen LogP contribution < -0.4 is 20.7 Å². The van der Waals surface area contributed by atoms with E-state index in [1.807, 2.05) is 6.07 Å². The fourth-order valence-corrected chi connectivity index (χ4v) is 28.7. The molecule has 0 bridgehead atoms. The first-order valence-electron chi connectivity index (χ1n) is 26.4. The van der Waals surface area contributed by atoms with Crippen LogP contribution in [0.2, 0.25) is 26.2 Å². The summed E-state index contributed by atoms with van der Waals surface area (Å²) in [4.78, 5) is 0. The van der Waals surface area contributed by atoms with Crippen molar-refractivity contribution in [2.45, 2.75) is 190 Å². The van der Waals surface area contributed by atoms with Gasteiger partial charge in [0.15, 0.2) is 0 Å². The second kappa shape index (κ2) is 25.9. The van der Waals surface area contributed by atoms with Gasteiger partial charge in [0.25, 0.3) is 0 Å². The van der Waals surface area contributed by atoms with Crippen molar-refractivity contribution >= 4 is 58.8 Å². The van der Waals surface area contributed by atoms with E-state index in [1.54, 1.807) is 165 Å². The Morgan fingerprint density at radius 1 is 0.485 bits per heavy atom. The Kier molecular flexibility index (Phi) is 21.3. The monoisotopic (exact) mass is 1310 g/mol. The average Bonchev–Trinajstić information content (AvgIpc) is 3.72. The van der Waals surface area contributed by atoms with Crippen LogP contribution >= 0.6 is 15.8 Å². The van der Waals surface area contributed by atoms with Crippen LogP contribution in [-0.2, 0) is 44.8 Å². The molecule has 4 aromatic rings. The van der Waals surface area contributed by atoms with Crippen LogP contribution in [0.4, 0.5) is 0 Å². The molecule has 0 aromatic heterocycles. The molecule has 66 heavy (non-hydrogen) atoms. The maximum absolute atomic E-state index is 7.25. The van der Waals surface area contributed by atoms with Crippen LogP contribution in [0.3, 0.4) is 0 Å². The largest absolute Gasteiger partial charge is 1.00 e. The SMILES string of the molecule is C1CCC([PH+](CCCC[PH+](C2CCCCC2)C2CCCCC2)C2CCCCC2)CC1.[Au+].[Au+].[C-]#Cc1ccc2c(c1)-c1ccccc1[Si]2(C)C.[CH-]=Cc1ccc2c(c1)[Si](C)(C)c1ccccc1-2. The average molecular weight is 1320 g/mol. The number of unbranched alkanes of at least 4 members (excludes halogenated alkanes) is 1. The van der Waals surface area contributed by atoms with Crippen LogP contribution in [0.1, 0.15) is 152 Å².